The summed E-state index contributed by atoms with van der Waals surface area (Å²) in [5.74, 6) is 0.377. The summed E-state index contributed by atoms with van der Waals surface area (Å²) >= 11 is 1.04. The zero-order chi connectivity index (χ0) is 15.5. The average molecular weight is 315 g/mol. The number of halogens is 3. The minimum atomic E-state index is -4.45. The number of thiazole rings is 1. The van der Waals surface area contributed by atoms with Gasteiger partial charge in [-0.15, -0.1) is 11.3 Å². The van der Waals surface area contributed by atoms with Gasteiger partial charge in [0.25, 0.3) is 0 Å². The minimum Gasteiger partial charge on any atom is -0.312 e. The molecule has 0 aliphatic heterocycles. The maximum atomic E-state index is 13.1. The summed E-state index contributed by atoms with van der Waals surface area (Å²) in [5, 5.41) is 3.32. The molecule has 114 valence electrons. The number of rotatable bonds is 5. The second kappa shape index (κ2) is 6.53. The van der Waals surface area contributed by atoms with Crippen LogP contribution in [0.15, 0.2) is 24.4 Å². The first-order chi connectivity index (χ1) is 9.88. The lowest BCUT2D eigenvalue weighted by Gasteiger charge is -2.08. The third kappa shape index (κ3) is 4.25. The third-order valence-electron chi connectivity index (χ3n) is 2.69. The zero-order valence-corrected chi connectivity index (χ0v) is 12.6. The third-order valence-corrected chi connectivity index (χ3v) is 3.77. The van der Waals surface area contributed by atoms with Crippen LogP contribution in [-0.2, 0) is 12.7 Å². The summed E-state index contributed by atoms with van der Waals surface area (Å²) < 4.78 is 39.2. The van der Waals surface area contributed by atoms with E-state index in [0.717, 1.165) is 11.3 Å². The summed E-state index contributed by atoms with van der Waals surface area (Å²) in [6, 6.07) is 5.10. The number of pyridine rings is 1. The average Bonchev–Trinajstić information content (AvgIpc) is 2.83. The summed E-state index contributed by atoms with van der Waals surface area (Å²) in [4.78, 5) is 7.99. The van der Waals surface area contributed by atoms with Gasteiger partial charge in [0.2, 0.25) is 0 Å². The molecule has 2 aromatic rings. The summed E-state index contributed by atoms with van der Waals surface area (Å²) in [6.07, 6.45) is -2.90. The van der Waals surface area contributed by atoms with E-state index in [1.807, 2.05) is 13.8 Å². The van der Waals surface area contributed by atoms with Gasteiger partial charge in [-0.05, 0) is 24.6 Å². The van der Waals surface area contributed by atoms with E-state index in [4.69, 9.17) is 0 Å². The van der Waals surface area contributed by atoms with Crippen molar-refractivity contribution in [3.05, 3.63) is 35.0 Å². The Bertz CT molecular complexity index is 579. The largest absolute Gasteiger partial charge is 0.434 e. The number of aromatic nitrogens is 2. The van der Waals surface area contributed by atoms with Gasteiger partial charge in [-0.1, -0.05) is 19.9 Å². The fourth-order valence-corrected chi connectivity index (χ4v) is 2.79. The highest BCUT2D eigenvalue weighted by Gasteiger charge is 2.37. The first-order valence-electron chi connectivity index (χ1n) is 6.57. The first-order valence-corrected chi connectivity index (χ1v) is 7.38. The Labute approximate surface area is 125 Å². The highest BCUT2D eigenvalue weighted by Crippen LogP contribution is 2.37. The first kappa shape index (κ1) is 15.9. The highest BCUT2D eigenvalue weighted by atomic mass is 32.1. The number of alkyl halides is 3. The van der Waals surface area contributed by atoms with Crippen LogP contribution in [0.5, 0.6) is 0 Å². The summed E-state index contributed by atoms with van der Waals surface area (Å²) in [5.41, 5.74) is -0.354. The Hall–Kier alpha value is -1.47. The molecule has 0 fully saturated rings. The topological polar surface area (TPSA) is 37.8 Å². The molecule has 0 atom stereocenters. The predicted molar refractivity (Wildman–Crippen MR) is 76.9 cm³/mol. The van der Waals surface area contributed by atoms with Gasteiger partial charge >= 0.3 is 6.18 Å². The predicted octanol–water partition coefficient (Wildman–Crippen LogP) is 3.97. The fourth-order valence-electron chi connectivity index (χ4n) is 1.77. The van der Waals surface area contributed by atoms with Crippen LogP contribution in [0.1, 0.15) is 24.4 Å². The number of hydrogen-bond donors (Lipinski definition) is 1. The summed E-state index contributed by atoms with van der Waals surface area (Å²) in [7, 11) is 0. The number of nitrogens with zero attached hydrogens (tertiary/aromatic N) is 2. The second-order valence-corrected chi connectivity index (χ2v) is 6.11. The molecule has 0 amide bonds. The molecule has 0 unspecified atom stereocenters. The van der Waals surface area contributed by atoms with E-state index in [1.54, 1.807) is 24.4 Å². The van der Waals surface area contributed by atoms with E-state index in [2.05, 4.69) is 15.3 Å². The van der Waals surface area contributed by atoms with Gasteiger partial charge in [-0.3, -0.25) is 4.98 Å². The van der Waals surface area contributed by atoms with E-state index in [9.17, 15) is 13.2 Å². The Morgan fingerprint density at radius 1 is 1.29 bits per heavy atom. The van der Waals surface area contributed by atoms with Crippen LogP contribution < -0.4 is 5.32 Å². The Morgan fingerprint density at radius 3 is 2.62 bits per heavy atom. The van der Waals surface area contributed by atoms with Crippen molar-refractivity contribution in [3.8, 4) is 10.7 Å². The molecule has 0 saturated carbocycles. The minimum absolute atomic E-state index is 0.164. The van der Waals surface area contributed by atoms with Crippen molar-refractivity contribution in [2.75, 3.05) is 6.54 Å². The van der Waals surface area contributed by atoms with Crippen LogP contribution in [0, 0.1) is 5.92 Å². The maximum absolute atomic E-state index is 13.1. The van der Waals surface area contributed by atoms with E-state index >= 15 is 0 Å². The molecule has 0 aromatic carbocycles. The van der Waals surface area contributed by atoms with Gasteiger partial charge in [0.15, 0.2) is 5.69 Å². The van der Waals surface area contributed by atoms with Crippen molar-refractivity contribution in [2.24, 2.45) is 5.92 Å². The second-order valence-electron chi connectivity index (χ2n) is 5.03. The molecule has 0 bridgehead atoms. The molecule has 2 heterocycles. The monoisotopic (exact) mass is 315 g/mol. The highest BCUT2D eigenvalue weighted by molar-refractivity contribution is 7.15. The molecule has 2 rings (SSSR count). The molecule has 0 aliphatic carbocycles. The Morgan fingerprint density at radius 2 is 2.05 bits per heavy atom. The lowest BCUT2D eigenvalue weighted by Crippen LogP contribution is -2.20. The number of nitrogens with one attached hydrogen (secondary N) is 1. The fraction of sp³-hybridized carbons (Fsp3) is 0.429. The lowest BCUT2D eigenvalue weighted by molar-refractivity contribution is -0.141. The molecule has 7 heteroatoms. The van der Waals surface area contributed by atoms with E-state index in [0.29, 0.717) is 23.2 Å². The quantitative estimate of drug-likeness (QED) is 0.907. The molecule has 0 saturated heterocycles. The van der Waals surface area contributed by atoms with E-state index in [1.165, 1.54) is 0 Å². The van der Waals surface area contributed by atoms with Crippen LogP contribution in [0.25, 0.3) is 10.7 Å². The van der Waals surface area contributed by atoms with Crippen molar-refractivity contribution in [1.29, 1.82) is 0 Å². The Kier molecular flexibility index (Phi) is 4.95. The smallest absolute Gasteiger partial charge is 0.312 e. The van der Waals surface area contributed by atoms with Gasteiger partial charge in [0.1, 0.15) is 5.01 Å². The van der Waals surface area contributed by atoms with Gasteiger partial charge in [-0.2, -0.15) is 13.2 Å². The van der Waals surface area contributed by atoms with Crippen LogP contribution in [0.3, 0.4) is 0 Å². The van der Waals surface area contributed by atoms with Crippen LogP contribution in [0.4, 0.5) is 13.2 Å². The lowest BCUT2D eigenvalue weighted by atomic mass is 10.2. The maximum Gasteiger partial charge on any atom is 0.434 e. The van der Waals surface area contributed by atoms with Crippen molar-refractivity contribution in [3.63, 3.8) is 0 Å². The van der Waals surface area contributed by atoms with E-state index in [-0.39, 0.29) is 11.4 Å². The standard InChI is InChI=1S/C14H16F3N3S/c1-9(2)7-18-8-11-12(14(15,16)17)20-13(21-11)10-5-3-4-6-19-10/h3-6,9,18H,7-8H2,1-2H3. The van der Waals surface area contributed by atoms with E-state index < -0.39 is 11.9 Å². The van der Waals surface area contributed by atoms with Crippen molar-refractivity contribution >= 4 is 11.3 Å². The Balaban J connectivity index is 2.28. The molecule has 0 spiro atoms. The molecule has 2 aromatic heterocycles. The van der Waals surface area contributed by atoms with Crippen LogP contribution in [0.2, 0.25) is 0 Å². The van der Waals surface area contributed by atoms with Crippen molar-refractivity contribution in [2.45, 2.75) is 26.6 Å². The molecule has 0 aliphatic rings. The SMILES string of the molecule is CC(C)CNCc1sc(-c2ccccn2)nc1C(F)(F)F. The van der Waals surface area contributed by atoms with Crippen molar-refractivity contribution < 1.29 is 13.2 Å². The van der Waals surface area contributed by atoms with Crippen LogP contribution >= 0.6 is 11.3 Å². The molecular weight excluding hydrogens is 299 g/mol. The molecule has 21 heavy (non-hydrogen) atoms. The molecule has 3 nitrogen and oxygen atoms in total. The van der Waals surface area contributed by atoms with Gasteiger partial charge in [0.05, 0.1) is 10.6 Å². The molecular formula is C14H16F3N3S. The van der Waals surface area contributed by atoms with Crippen LogP contribution in [-0.4, -0.2) is 16.5 Å². The normalized spacial score (nSPS) is 12.1. The summed E-state index contributed by atoms with van der Waals surface area (Å²) in [6.45, 7) is 4.83. The molecule has 0 radical (unpaired) electrons. The van der Waals surface area contributed by atoms with Gasteiger partial charge < -0.3 is 5.32 Å². The zero-order valence-electron chi connectivity index (χ0n) is 11.7. The van der Waals surface area contributed by atoms with Gasteiger partial charge in [0, 0.05) is 12.7 Å². The molecule has 1 N–H and O–H groups in total. The number of hydrogen-bond acceptors (Lipinski definition) is 4. The van der Waals surface area contributed by atoms with Crippen molar-refractivity contribution in [1.82, 2.24) is 15.3 Å². The van der Waals surface area contributed by atoms with Gasteiger partial charge in [-0.25, -0.2) is 4.98 Å².